The van der Waals surface area contributed by atoms with Gasteiger partial charge in [-0.1, -0.05) is 19.3 Å². The molecule has 224 valence electrons. The highest BCUT2D eigenvalue weighted by atomic mass is 19.1. The number of nitrogens with zero attached hydrogens (tertiary/aromatic N) is 4. The number of aromatic nitrogens is 3. The Morgan fingerprint density at radius 3 is 2.63 bits per heavy atom. The first-order valence-electron chi connectivity index (χ1n) is 15.1. The van der Waals surface area contributed by atoms with E-state index >= 15 is 4.39 Å². The van der Waals surface area contributed by atoms with Gasteiger partial charge in [-0.05, 0) is 82.2 Å². The van der Waals surface area contributed by atoms with Gasteiger partial charge in [0.15, 0.2) is 0 Å². The molecule has 0 spiro atoms. The van der Waals surface area contributed by atoms with E-state index < -0.39 is 5.82 Å². The highest BCUT2D eigenvalue weighted by Crippen LogP contribution is 2.32. The lowest BCUT2D eigenvalue weighted by Crippen LogP contribution is -2.45. The van der Waals surface area contributed by atoms with Crippen molar-refractivity contribution in [1.82, 2.24) is 19.9 Å². The van der Waals surface area contributed by atoms with Crippen molar-refractivity contribution in [2.24, 2.45) is 5.92 Å². The third kappa shape index (κ3) is 6.39. The number of fused-ring (bicyclic) bond motifs is 1. The average molecular weight is 584 g/mol. The van der Waals surface area contributed by atoms with Crippen molar-refractivity contribution in [3.8, 4) is 11.3 Å². The molecular weight excluding hydrogens is 545 g/mol. The van der Waals surface area contributed by atoms with E-state index in [9.17, 15) is 9.59 Å². The van der Waals surface area contributed by atoms with Gasteiger partial charge in [0.05, 0.1) is 34.2 Å². The summed E-state index contributed by atoms with van der Waals surface area (Å²) in [5.41, 5.74) is 2.70. The van der Waals surface area contributed by atoms with Gasteiger partial charge in [-0.15, -0.1) is 0 Å². The molecule has 9 nitrogen and oxygen atoms in total. The van der Waals surface area contributed by atoms with Crippen LogP contribution in [0.25, 0.3) is 22.2 Å². The summed E-state index contributed by atoms with van der Waals surface area (Å²) in [6.45, 7) is 1.94. The van der Waals surface area contributed by atoms with Gasteiger partial charge in [0.2, 0.25) is 5.91 Å². The van der Waals surface area contributed by atoms with Crippen molar-refractivity contribution in [1.29, 1.82) is 0 Å². The quantitative estimate of drug-likeness (QED) is 0.248. The maximum atomic E-state index is 15.5. The number of H-pyrrole nitrogens is 1. The summed E-state index contributed by atoms with van der Waals surface area (Å²) >= 11 is 0. The molecular formula is C33H38FN7O2. The van der Waals surface area contributed by atoms with Gasteiger partial charge >= 0.3 is 0 Å². The second kappa shape index (κ2) is 12.5. The highest BCUT2D eigenvalue weighted by molar-refractivity contribution is 5.95. The number of pyridine rings is 3. The van der Waals surface area contributed by atoms with Crippen molar-refractivity contribution >= 4 is 39.7 Å². The minimum atomic E-state index is -0.510. The predicted molar refractivity (Wildman–Crippen MR) is 169 cm³/mol. The van der Waals surface area contributed by atoms with Crippen LogP contribution in [0.5, 0.6) is 0 Å². The Bertz CT molecular complexity index is 1660. The zero-order valence-electron chi connectivity index (χ0n) is 24.7. The minimum Gasteiger partial charge on any atom is -0.369 e. The number of halogens is 1. The summed E-state index contributed by atoms with van der Waals surface area (Å²) in [6, 6.07) is 12.4. The standard InChI is InChI=1S/C33H38FN7O2/c1-40(2)24-9-6-16-41(20-24)23-11-13-30(36-19-23)39-29-18-28(38-27-14-15-35-33(43)31(27)29)25-12-10-22(17-26(25)34)37-32(42)21-7-4-3-5-8-21/h10-15,17-19,21,24H,3-9,16,20H2,1-2H3,(H,35,43)(H,37,42)(H,36,38,39)/t24-/m0/s1. The first-order valence-corrected chi connectivity index (χ1v) is 15.1. The van der Waals surface area contributed by atoms with Crippen LogP contribution in [0.1, 0.15) is 44.9 Å². The van der Waals surface area contributed by atoms with Crippen LogP contribution in [-0.4, -0.2) is 59.0 Å². The van der Waals surface area contributed by atoms with E-state index in [1.54, 1.807) is 24.3 Å². The molecule has 1 saturated carbocycles. The third-order valence-electron chi connectivity index (χ3n) is 8.72. The molecule has 1 aromatic carbocycles. The number of benzene rings is 1. The first-order chi connectivity index (χ1) is 20.9. The largest absolute Gasteiger partial charge is 0.369 e. The minimum absolute atomic E-state index is 0.0251. The lowest BCUT2D eigenvalue weighted by atomic mass is 9.88. The van der Waals surface area contributed by atoms with Crippen molar-refractivity contribution in [2.45, 2.75) is 51.0 Å². The first kappa shape index (κ1) is 28.8. The number of carbonyl (C=O) groups excluding carboxylic acids is 1. The van der Waals surface area contributed by atoms with Gasteiger partial charge in [0.25, 0.3) is 5.56 Å². The molecule has 1 atom stereocenters. The van der Waals surface area contributed by atoms with Gasteiger partial charge in [-0.25, -0.2) is 14.4 Å². The summed E-state index contributed by atoms with van der Waals surface area (Å²) in [5.74, 6) is -0.0300. The smallest absolute Gasteiger partial charge is 0.259 e. The molecule has 2 aliphatic rings. The number of piperidine rings is 1. The Balaban J connectivity index is 1.26. The van der Waals surface area contributed by atoms with Crippen LogP contribution in [0.3, 0.4) is 0 Å². The van der Waals surface area contributed by atoms with E-state index in [1.165, 1.54) is 18.7 Å². The normalized spacial score (nSPS) is 17.8. The Morgan fingerprint density at radius 2 is 1.88 bits per heavy atom. The fourth-order valence-electron chi connectivity index (χ4n) is 6.23. The predicted octanol–water partition coefficient (Wildman–Crippen LogP) is 5.92. The summed E-state index contributed by atoms with van der Waals surface area (Å²) in [5, 5.41) is 6.51. The Labute approximate surface area is 250 Å². The molecule has 43 heavy (non-hydrogen) atoms. The van der Waals surface area contributed by atoms with E-state index in [2.05, 4.69) is 49.5 Å². The maximum absolute atomic E-state index is 15.5. The van der Waals surface area contributed by atoms with Crippen LogP contribution in [0.2, 0.25) is 0 Å². The van der Waals surface area contributed by atoms with E-state index in [1.807, 2.05) is 18.3 Å². The van der Waals surface area contributed by atoms with Crippen LogP contribution in [0.4, 0.5) is 27.3 Å². The van der Waals surface area contributed by atoms with E-state index in [0.29, 0.717) is 39.8 Å². The molecule has 4 heterocycles. The molecule has 1 aliphatic carbocycles. The molecule has 1 amide bonds. The fourth-order valence-corrected chi connectivity index (χ4v) is 6.23. The van der Waals surface area contributed by atoms with Crippen LogP contribution in [0.15, 0.2) is 59.7 Å². The number of likely N-dealkylation sites (N-methyl/N-ethyl adjacent to an activating group) is 1. The second-order valence-corrected chi connectivity index (χ2v) is 11.9. The Hall–Kier alpha value is -4.31. The van der Waals surface area contributed by atoms with Crippen LogP contribution in [-0.2, 0) is 4.79 Å². The van der Waals surface area contributed by atoms with Crippen LogP contribution in [0, 0.1) is 11.7 Å². The molecule has 3 aromatic heterocycles. The molecule has 3 N–H and O–H groups in total. The zero-order chi connectivity index (χ0) is 29.9. The van der Waals surface area contributed by atoms with Gasteiger partial charge < -0.3 is 25.4 Å². The summed E-state index contributed by atoms with van der Waals surface area (Å²) in [6.07, 6.45) is 10.7. The molecule has 0 radical (unpaired) electrons. The fraction of sp³-hybridized carbons (Fsp3) is 0.394. The van der Waals surface area contributed by atoms with Gasteiger partial charge in [0.1, 0.15) is 11.6 Å². The molecule has 2 fully saturated rings. The maximum Gasteiger partial charge on any atom is 0.259 e. The van der Waals surface area contributed by atoms with Crippen molar-refractivity contribution in [3.05, 3.63) is 71.0 Å². The molecule has 1 aliphatic heterocycles. The molecule has 10 heteroatoms. The Kier molecular flexibility index (Phi) is 8.38. The zero-order valence-corrected chi connectivity index (χ0v) is 24.7. The lowest BCUT2D eigenvalue weighted by molar-refractivity contribution is -0.120. The van der Waals surface area contributed by atoms with Gasteiger partial charge in [-0.2, -0.15) is 0 Å². The second-order valence-electron chi connectivity index (χ2n) is 11.9. The number of hydrogen-bond donors (Lipinski definition) is 3. The molecule has 1 saturated heterocycles. The van der Waals surface area contributed by atoms with Crippen LogP contribution < -0.4 is 21.1 Å². The molecule has 0 bridgehead atoms. The van der Waals surface area contributed by atoms with Crippen molar-refractivity contribution < 1.29 is 9.18 Å². The Morgan fingerprint density at radius 1 is 1.05 bits per heavy atom. The lowest BCUT2D eigenvalue weighted by Gasteiger charge is -2.37. The van der Waals surface area contributed by atoms with Crippen molar-refractivity contribution in [2.75, 3.05) is 42.7 Å². The van der Waals surface area contributed by atoms with Crippen LogP contribution >= 0.6 is 0 Å². The van der Waals surface area contributed by atoms with Gasteiger partial charge in [0, 0.05) is 42.5 Å². The summed E-state index contributed by atoms with van der Waals surface area (Å²) < 4.78 is 15.5. The molecule has 6 rings (SSSR count). The summed E-state index contributed by atoms with van der Waals surface area (Å²) in [4.78, 5) is 42.1. The number of carbonyl (C=O) groups is 1. The van der Waals surface area contributed by atoms with E-state index in [-0.39, 0.29) is 22.9 Å². The number of nitrogens with one attached hydrogen (secondary N) is 3. The number of aromatic amines is 1. The highest BCUT2D eigenvalue weighted by Gasteiger charge is 2.23. The SMILES string of the molecule is CN(C)[C@H]1CCCN(c2ccc(Nc3cc(-c4ccc(NC(=O)C5CCCCC5)cc4F)nc4cc[nH]c(=O)c34)nc2)C1. The monoisotopic (exact) mass is 583 g/mol. The molecule has 0 unspecified atom stereocenters. The number of amides is 1. The summed E-state index contributed by atoms with van der Waals surface area (Å²) in [7, 11) is 4.23. The number of anilines is 4. The number of hydrogen-bond acceptors (Lipinski definition) is 7. The average Bonchev–Trinajstić information content (AvgIpc) is 3.02. The van der Waals surface area contributed by atoms with E-state index in [0.717, 1.165) is 57.3 Å². The topological polar surface area (TPSA) is 106 Å². The van der Waals surface area contributed by atoms with Crippen molar-refractivity contribution in [3.63, 3.8) is 0 Å². The molecule has 4 aromatic rings. The third-order valence-corrected chi connectivity index (χ3v) is 8.72. The van der Waals surface area contributed by atoms with Gasteiger partial charge in [-0.3, -0.25) is 9.59 Å². The number of rotatable bonds is 7. The van der Waals surface area contributed by atoms with E-state index in [4.69, 9.17) is 0 Å².